The van der Waals surface area contributed by atoms with E-state index in [-0.39, 0.29) is 11.9 Å². The molecular weight excluding hydrogens is 396 g/mol. The fourth-order valence-electron chi connectivity index (χ4n) is 4.11. The average Bonchev–Trinajstić information content (AvgIpc) is 3.39. The van der Waals surface area contributed by atoms with Gasteiger partial charge in [0, 0.05) is 25.3 Å². The molecule has 0 spiro atoms. The second kappa shape index (κ2) is 9.52. The Morgan fingerprint density at radius 1 is 1.17 bits per heavy atom. The number of ether oxygens (including phenoxy) is 1. The number of hydrogen-bond acceptors (Lipinski definition) is 6. The van der Waals surface area contributed by atoms with Gasteiger partial charge in [0.2, 0.25) is 5.95 Å². The first-order valence-electron chi connectivity index (χ1n) is 11.0. The Bertz CT molecular complexity index is 883. The van der Waals surface area contributed by atoms with E-state index >= 15 is 0 Å². The number of piperidine rings is 1. The van der Waals surface area contributed by atoms with E-state index in [1.165, 1.54) is 30.2 Å². The van der Waals surface area contributed by atoms with Gasteiger partial charge in [0.05, 0.1) is 18.4 Å². The average molecular weight is 429 g/mol. The molecule has 6 nitrogen and oxygen atoms in total. The maximum Gasteiger partial charge on any atom is 0.228 e. The standard InChI is InChI=1S/C23H32N4O2S/c1-16-8-10-26(11-9-16)22-24-25-23(27(22)14-20-5-4-12-29-20)30-15-21(28)19-7-6-17(2)18(3)13-19/h6-7,13,16,20H,4-5,8-12,14-15H2,1-3H3. The number of aromatic nitrogens is 3. The number of benzene rings is 1. The number of Topliss-reactive ketones (excluding diaryl/α,β-unsaturated/α-hetero) is 1. The highest BCUT2D eigenvalue weighted by Gasteiger charge is 2.26. The zero-order valence-corrected chi connectivity index (χ0v) is 19.1. The summed E-state index contributed by atoms with van der Waals surface area (Å²) < 4.78 is 8.07. The number of rotatable bonds is 7. The van der Waals surface area contributed by atoms with E-state index in [2.05, 4.69) is 33.5 Å². The summed E-state index contributed by atoms with van der Waals surface area (Å²) in [6.07, 6.45) is 4.75. The van der Waals surface area contributed by atoms with Gasteiger partial charge in [-0.05, 0) is 62.6 Å². The predicted molar refractivity (Wildman–Crippen MR) is 121 cm³/mol. The summed E-state index contributed by atoms with van der Waals surface area (Å²) in [5.41, 5.74) is 3.12. The maximum absolute atomic E-state index is 12.8. The minimum absolute atomic E-state index is 0.128. The molecular formula is C23H32N4O2S. The van der Waals surface area contributed by atoms with Gasteiger partial charge < -0.3 is 9.64 Å². The summed E-state index contributed by atoms with van der Waals surface area (Å²) in [5, 5.41) is 9.83. The van der Waals surface area contributed by atoms with Crippen LogP contribution in [-0.4, -0.2) is 52.1 Å². The van der Waals surface area contributed by atoms with E-state index in [4.69, 9.17) is 4.74 Å². The van der Waals surface area contributed by atoms with E-state index in [0.29, 0.717) is 5.75 Å². The minimum atomic E-state index is 0.128. The first kappa shape index (κ1) is 21.4. The lowest BCUT2D eigenvalue weighted by Crippen LogP contribution is -2.35. The normalized spacial score (nSPS) is 20.1. The van der Waals surface area contributed by atoms with Gasteiger partial charge in [0.25, 0.3) is 0 Å². The van der Waals surface area contributed by atoms with Crippen molar-refractivity contribution in [2.24, 2.45) is 5.92 Å². The molecule has 30 heavy (non-hydrogen) atoms. The molecule has 2 aliphatic heterocycles. The highest BCUT2D eigenvalue weighted by Crippen LogP contribution is 2.28. The molecule has 2 aromatic rings. The van der Waals surface area contributed by atoms with Gasteiger partial charge in [0.1, 0.15) is 0 Å². The molecule has 1 atom stereocenters. The summed E-state index contributed by atoms with van der Waals surface area (Å²) >= 11 is 1.49. The van der Waals surface area contributed by atoms with Crippen LogP contribution in [0.5, 0.6) is 0 Å². The summed E-state index contributed by atoms with van der Waals surface area (Å²) in [5.74, 6) is 2.19. The number of carbonyl (C=O) groups is 1. The van der Waals surface area contributed by atoms with E-state index in [1.54, 1.807) is 0 Å². The molecule has 0 saturated carbocycles. The Morgan fingerprint density at radius 2 is 1.97 bits per heavy atom. The Hall–Kier alpha value is -1.86. The predicted octanol–water partition coefficient (Wildman–Crippen LogP) is 4.29. The van der Waals surface area contributed by atoms with Crippen molar-refractivity contribution < 1.29 is 9.53 Å². The third kappa shape index (κ3) is 4.89. The van der Waals surface area contributed by atoms with Gasteiger partial charge in [-0.1, -0.05) is 30.8 Å². The van der Waals surface area contributed by atoms with Crippen LogP contribution in [0.1, 0.15) is 54.1 Å². The molecule has 7 heteroatoms. The Balaban J connectivity index is 1.49. The lowest BCUT2D eigenvalue weighted by molar-refractivity contribution is 0.0951. The van der Waals surface area contributed by atoms with Crippen molar-refractivity contribution in [1.29, 1.82) is 0 Å². The molecule has 3 heterocycles. The second-order valence-electron chi connectivity index (χ2n) is 8.71. The van der Waals surface area contributed by atoms with Gasteiger partial charge >= 0.3 is 0 Å². The zero-order chi connectivity index (χ0) is 21.1. The van der Waals surface area contributed by atoms with Crippen molar-refractivity contribution in [3.05, 3.63) is 34.9 Å². The molecule has 2 aliphatic rings. The quantitative estimate of drug-likeness (QED) is 0.484. The summed E-state index contributed by atoms with van der Waals surface area (Å²) in [7, 11) is 0. The number of anilines is 1. The lowest BCUT2D eigenvalue weighted by Gasteiger charge is -2.31. The van der Waals surface area contributed by atoms with Gasteiger partial charge in [-0.15, -0.1) is 10.2 Å². The monoisotopic (exact) mass is 428 g/mol. The van der Waals surface area contributed by atoms with E-state index in [9.17, 15) is 4.79 Å². The molecule has 1 unspecified atom stereocenters. The summed E-state index contributed by atoms with van der Waals surface area (Å²) in [6.45, 7) is 10.0. The lowest BCUT2D eigenvalue weighted by atomic mass is 10.00. The van der Waals surface area contributed by atoms with Crippen LogP contribution >= 0.6 is 11.8 Å². The van der Waals surface area contributed by atoms with Gasteiger partial charge in [-0.3, -0.25) is 9.36 Å². The van der Waals surface area contributed by atoms with E-state index in [1.807, 2.05) is 25.1 Å². The van der Waals surface area contributed by atoms with Crippen molar-refractivity contribution in [1.82, 2.24) is 14.8 Å². The van der Waals surface area contributed by atoms with Gasteiger partial charge in [0.15, 0.2) is 10.9 Å². The van der Waals surface area contributed by atoms with Crippen LogP contribution < -0.4 is 4.90 Å². The van der Waals surface area contributed by atoms with Crippen LogP contribution in [0.3, 0.4) is 0 Å². The van der Waals surface area contributed by atoms with Crippen molar-refractivity contribution in [3.63, 3.8) is 0 Å². The Labute approximate surface area is 183 Å². The number of hydrogen-bond donors (Lipinski definition) is 0. The van der Waals surface area contributed by atoms with E-state index in [0.717, 1.165) is 67.2 Å². The first-order chi connectivity index (χ1) is 14.5. The highest BCUT2D eigenvalue weighted by molar-refractivity contribution is 7.99. The van der Waals surface area contributed by atoms with Crippen LogP contribution in [0.4, 0.5) is 5.95 Å². The zero-order valence-electron chi connectivity index (χ0n) is 18.3. The van der Waals surface area contributed by atoms with Crippen LogP contribution in [0.2, 0.25) is 0 Å². The highest BCUT2D eigenvalue weighted by atomic mass is 32.2. The van der Waals surface area contributed by atoms with Crippen LogP contribution in [0, 0.1) is 19.8 Å². The number of nitrogens with zero attached hydrogens (tertiary/aromatic N) is 4. The van der Waals surface area contributed by atoms with Crippen molar-refractivity contribution in [2.45, 2.75) is 64.3 Å². The molecule has 2 saturated heterocycles. The maximum atomic E-state index is 12.8. The fourth-order valence-corrected chi connectivity index (χ4v) is 4.95. The largest absolute Gasteiger partial charge is 0.376 e. The van der Waals surface area contributed by atoms with Gasteiger partial charge in [-0.2, -0.15) is 0 Å². The molecule has 1 aromatic heterocycles. The van der Waals surface area contributed by atoms with E-state index < -0.39 is 0 Å². The third-order valence-electron chi connectivity index (χ3n) is 6.34. The van der Waals surface area contributed by atoms with Crippen LogP contribution in [0.25, 0.3) is 0 Å². The molecule has 0 bridgehead atoms. The minimum Gasteiger partial charge on any atom is -0.376 e. The van der Waals surface area contributed by atoms with Crippen LogP contribution in [-0.2, 0) is 11.3 Å². The molecule has 0 N–H and O–H groups in total. The van der Waals surface area contributed by atoms with Gasteiger partial charge in [-0.25, -0.2) is 0 Å². The van der Waals surface area contributed by atoms with Crippen LogP contribution in [0.15, 0.2) is 23.4 Å². The first-order valence-corrected chi connectivity index (χ1v) is 12.0. The summed E-state index contributed by atoms with van der Waals surface area (Å²) in [4.78, 5) is 15.1. The smallest absolute Gasteiger partial charge is 0.228 e. The second-order valence-corrected chi connectivity index (χ2v) is 9.65. The molecule has 0 aliphatic carbocycles. The molecule has 1 aromatic carbocycles. The third-order valence-corrected chi connectivity index (χ3v) is 7.30. The SMILES string of the molecule is Cc1ccc(C(=O)CSc2nnc(N3CCC(C)CC3)n2CC2CCCO2)cc1C. The van der Waals surface area contributed by atoms with Crippen molar-refractivity contribution in [3.8, 4) is 0 Å². The topological polar surface area (TPSA) is 60.2 Å². The number of aryl methyl sites for hydroxylation is 2. The Morgan fingerprint density at radius 3 is 2.67 bits per heavy atom. The summed E-state index contributed by atoms with van der Waals surface area (Å²) in [6, 6.07) is 5.92. The number of thioether (sulfide) groups is 1. The van der Waals surface area contributed by atoms with Crippen molar-refractivity contribution >= 4 is 23.5 Å². The molecule has 4 rings (SSSR count). The molecule has 162 valence electrons. The number of carbonyl (C=O) groups excluding carboxylic acids is 1. The molecule has 0 radical (unpaired) electrons. The fraction of sp³-hybridized carbons (Fsp3) is 0.609. The Kier molecular flexibility index (Phi) is 6.78. The van der Waals surface area contributed by atoms with Crippen molar-refractivity contribution in [2.75, 3.05) is 30.3 Å². The number of ketones is 1. The molecule has 0 amide bonds. The molecule has 2 fully saturated rings.